The fourth-order valence-electron chi connectivity index (χ4n) is 2.34. The number of allylic oxidation sites excluding steroid dienone is 1. The summed E-state index contributed by atoms with van der Waals surface area (Å²) in [5.41, 5.74) is 1.39. The number of furan rings is 1. The van der Waals surface area contributed by atoms with Crippen LogP contribution in [0.25, 0.3) is 0 Å². The van der Waals surface area contributed by atoms with Gasteiger partial charge in [0.05, 0.1) is 20.5 Å². The topological polar surface area (TPSA) is 60.7 Å². The summed E-state index contributed by atoms with van der Waals surface area (Å²) in [6, 6.07) is 7.18. The Morgan fingerprint density at radius 2 is 2.17 bits per heavy atom. The van der Waals surface area contributed by atoms with E-state index in [1.54, 1.807) is 38.7 Å². The summed E-state index contributed by atoms with van der Waals surface area (Å²) in [5, 5.41) is 2.87. The Kier molecular flexibility index (Phi) is 5.86. The number of ether oxygens (including phenoxy) is 2. The van der Waals surface area contributed by atoms with Gasteiger partial charge in [0.25, 0.3) is 5.91 Å². The predicted octanol–water partition coefficient (Wildman–Crippen LogP) is 3.00. The van der Waals surface area contributed by atoms with Crippen molar-refractivity contribution in [3.05, 3.63) is 60.1 Å². The van der Waals surface area contributed by atoms with Crippen molar-refractivity contribution in [3.8, 4) is 11.5 Å². The molecule has 5 heteroatoms. The molecule has 0 radical (unpaired) electrons. The summed E-state index contributed by atoms with van der Waals surface area (Å²) in [6.07, 6.45) is 4.61. The molecule has 1 amide bonds. The second kappa shape index (κ2) is 8.08. The molecular formula is C18H21NO4. The molecule has 0 unspecified atom stereocenters. The number of benzene rings is 1. The zero-order valence-corrected chi connectivity index (χ0v) is 13.4. The van der Waals surface area contributed by atoms with Crippen LogP contribution in [-0.4, -0.2) is 26.7 Å². The Morgan fingerprint density at radius 3 is 2.78 bits per heavy atom. The van der Waals surface area contributed by atoms with Gasteiger partial charge >= 0.3 is 0 Å². The maximum atomic E-state index is 12.3. The zero-order chi connectivity index (χ0) is 16.7. The normalized spacial score (nSPS) is 10.2. The van der Waals surface area contributed by atoms with E-state index in [0.29, 0.717) is 36.4 Å². The second-order valence-corrected chi connectivity index (χ2v) is 4.95. The summed E-state index contributed by atoms with van der Waals surface area (Å²) < 4.78 is 15.9. The highest BCUT2D eigenvalue weighted by Gasteiger charge is 2.15. The highest BCUT2D eigenvalue weighted by molar-refractivity contribution is 5.95. The van der Waals surface area contributed by atoms with E-state index < -0.39 is 0 Å². The first-order valence-electron chi connectivity index (χ1n) is 7.36. The number of amides is 1. The van der Waals surface area contributed by atoms with Gasteiger partial charge in [-0.05, 0) is 30.7 Å². The Labute approximate surface area is 135 Å². The first-order valence-corrected chi connectivity index (χ1v) is 7.36. The van der Waals surface area contributed by atoms with Crippen LogP contribution in [0.1, 0.15) is 21.7 Å². The van der Waals surface area contributed by atoms with Crippen molar-refractivity contribution in [2.45, 2.75) is 12.8 Å². The van der Waals surface area contributed by atoms with Gasteiger partial charge in [-0.15, -0.1) is 6.58 Å². The highest BCUT2D eigenvalue weighted by atomic mass is 16.5. The molecule has 0 bridgehead atoms. The van der Waals surface area contributed by atoms with Crippen molar-refractivity contribution in [1.82, 2.24) is 5.32 Å². The van der Waals surface area contributed by atoms with Gasteiger partial charge in [0, 0.05) is 24.1 Å². The van der Waals surface area contributed by atoms with Crippen molar-refractivity contribution < 1.29 is 18.7 Å². The Hall–Kier alpha value is -2.69. The average molecular weight is 315 g/mol. The SMILES string of the molecule is C=CCc1cc(C(=O)NCCc2ccco2)cc(OC)c1OC. The van der Waals surface area contributed by atoms with Crippen LogP contribution in [0.4, 0.5) is 0 Å². The average Bonchev–Trinajstić information content (AvgIpc) is 3.07. The third-order valence-corrected chi connectivity index (χ3v) is 3.42. The molecule has 122 valence electrons. The second-order valence-electron chi connectivity index (χ2n) is 4.95. The molecule has 0 aliphatic carbocycles. The molecule has 2 rings (SSSR count). The quantitative estimate of drug-likeness (QED) is 0.761. The van der Waals surface area contributed by atoms with E-state index in [-0.39, 0.29) is 5.91 Å². The van der Waals surface area contributed by atoms with Gasteiger partial charge in [-0.25, -0.2) is 0 Å². The third-order valence-electron chi connectivity index (χ3n) is 3.42. The molecule has 0 atom stereocenters. The summed E-state index contributed by atoms with van der Waals surface area (Å²) >= 11 is 0. The third kappa shape index (κ3) is 4.16. The molecule has 0 spiro atoms. The number of carbonyl (C=O) groups excluding carboxylic acids is 1. The molecule has 0 saturated carbocycles. The summed E-state index contributed by atoms with van der Waals surface area (Å²) in [4.78, 5) is 12.3. The van der Waals surface area contributed by atoms with Crippen LogP contribution in [0.2, 0.25) is 0 Å². The standard InChI is InChI=1S/C18H21NO4/c1-4-6-13-11-14(12-16(21-2)17(13)22-3)18(20)19-9-8-15-7-5-10-23-15/h4-5,7,10-12H,1,6,8-9H2,2-3H3,(H,19,20). The fourth-order valence-corrected chi connectivity index (χ4v) is 2.34. The smallest absolute Gasteiger partial charge is 0.251 e. The van der Waals surface area contributed by atoms with E-state index in [1.165, 1.54) is 0 Å². The molecule has 1 N–H and O–H groups in total. The molecule has 23 heavy (non-hydrogen) atoms. The van der Waals surface area contributed by atoms with Crippen molar-refractivity contribution in [3.63, 3.8) is 0 Å². The van der Waals surface area contributed by atoms with E-state index in [4.69, 9.17) is 13.9 Å². The van der Waals surface area contributed by atoms with Gasteiger partial charge < -0.3 is 19.2 Å². The molecule has 0 aliphatic heterocycles. The first-order chi connectivity index (χ1) is 11.2. The van der Waals surface area contributed by atoms with Crippen LogP contribution in [0.3, 0.4) is 0 Å². The van der Waals surface area contributed by atoms with E-state index in [0.717, 1.165) is 11.3 Å². The maximum absolute atomic E-state index is 12.3. The van der Waals surface area contributed by atoms with Crippen LogP contribution in [0.5, 0.6) is 11.5 Å². The van der Waals surface area contributed by atoms with Gasteiger partial charge in [0.15, 0.2) is 11.5 Å². The van der Waals surface area contributed by atoms with Crippen LogP contribution in [-0.2, 0) is 12.8 Å². The van der Waals surface area contributed by atoms with Crippen LogP contribution in [0.15, 0.2) is 47.6 Å². The predicted molar refractivity (Wildman–Crippen MR) is 88.2 cm³/mol. The van der Waals surface area contributed by atoms with Gasteiger partial charge in [-0.2, -0.15) is 0 Å². The molecule has 0 aliphatic rings. The molecule has 2 aromatic rings. The van der Waals surface area contributed by atoms with Gasteiger partial charge in [0.1, 0.15) is 5.76 Å². The number of nitrogens with one attached hydrogen (secondary N) is 1. The van der Waals surface area contributed by atoms with Crippen molar-refractivity contribution in [2.24, 2.45) is 0 Å². The summed E-state index contributed by atoms with van der Waals surface area (Å²) in [7, 11) is 3.13. The lowest BCUT2D eigenvalue weighted by molar-refractivity contribution is 0.0953. The summed E-state index contributed by atoms with van der Waals surface area (Å²) in [5.74, 6) is 1.83. The number of carbonyl (C=O) groups is 1. The minimum atomic E-state index is -0.164. The van der Waals surface area contributed by atoms with E-state index in [2.05, 4.69) is 11.9 Å². The number of methoxy groups -OCH3 is 2. The molecule has 0 fully saturated rings. The molecule has 0 saturated heterocycles. The van der Waals surface area contributed by atoms with Crippen LogP contribution >= 0.6 is 0 Å². The molecular weight excluding hydrogens is 294 g/mol. The lowest BCUT2D eigenvalue weighted by Gasteiger charge is -2.14. The highest BCUT2D eigenvalue weighted by Crippen LogP contribution is 2.33. The summed E-state index contributed by atoms with van der Waals surface area (Å²) in [6.45, 7) is 4.23. The van der Waals surface area contributed by atoms with Crippen LogP contribution in [0, 0.1) is 0 Å². The van der Waals surface area contributed by atoms with Gasteiger partial charge in [-0.1, -0.05) is 6.08 Å². The maximum Gasteiger partial charge on any atom is 0.251 e. The first kappa shape index (κ1) is 16.7. The molecule has 1 aromatic carbocycles. The van der Waals surface area contributed by atoms with Crippen molar-refractivity contribution in [2.75, 3.05) is 20.8 Å². The lowest BCUT2D eigenvalue weighted by atomic mass is 10.0. The Morgan fingerprint density at radius 1 is 1.35 bits per heavy atom. The minimum absolute atomic E-state index is 0.164. The van der Waals surface area contributed by atoms with Gasteiger partial charge in [0.2, 0.25) is 0 Å². The number of hydrogen-bond donors (Lipinski definition) is 1. The van der Waals surface area contributed by atoms with E-state index in [9.17, 15) is 4.79 Å². The van der Waals surface area contributed by atoms with Crippen LogP contribution < -0.4 is 14.8 Å². The number of rotatable bonds is 8. The largest absolute Gasteiger partial charge is 0.493 e. The molecule has 1 aromatic heterocycles. The molecule has 5 nitrogen and oxygen atoms in total. The Bertz CT molecular complexity index is 662. The van der Waals surface area contributed by atoms with E-state index >= 15 is 0 Å². The van der Waals surface area contributed by atoms with Crippen molar-refractivity contribution in [1.29, 1.82) is 0 Å². The van der Waals surface area contributed by atoms with Crippen molar-refractivity contribution >= 4 is 5.91 Å². The molecule has 1 heterocycles. The minimum Gasteiger partial charge on any atom is -0.493 e. The monoisotopic (exact) mass is 315 g/mol. The van der Waals surface area contributed by atoms with E-state index in [1.807, 2.05) is 12.1 Å². The number of hydrogen-bond acceptors (Lipinski definition) is 4. The fraction of sp³-hybridized carbons (Fsp3) is 0.278. The zero-order valence-electron chi connectivity index (χ0n) is 13.4. The Balaban J connectivity index is 2.12. The lowest BCUT2D eigenvalue weighted by Crippen LogP contribution is -2.25. The van der Waals surface area contributed by atoms with Gasteiger partial charge in [-0.3, -0.25) is 4.79 Å².